The highest BCUT2D eigenvalue weighted by atomic mass is 32.2. The normalized spacial score (nSPS) is 12.6. The molecule has 0 amide bonds. The maximum Gasteiger partial charge on any atom is 0.244 e. The number of sulfonamides is 1. The Bertz CT molecular complexity index is 524. The molecule has 0 radical (unpaired) electrons. The first-order chi connectivity index (χ1) is 9.34. The second kappa shape index (κ2) is 7.51. The van der Waals surface area contributed by atoms with Crippen molar-refractivity contribution in [3.63, 3.8) is 0 Å². The Morgan fingerprint density at radius 3 is 2.40 bits per heavy atom. The molecule has 0 saturated carbocycles. The molecule has 0 saturated heterocycles. The number of rotatable bonds is 8. The summed E-state index contributed by atoms with van der Waals surface area (Å²) in [5, 5.41) is 11.1. The lowest BCUT2D eigenvalue weighted by atomic mass is 10.3. The van der Waals surface area contributed by atoms with Crippen molar-refractivity contribution in [2.75, 3.05) is 33.7 Å². The van der Waals surface area contributed by atoms with Crippen molar-refractivity contribution in [3.05, 3.63) is 15.8 Å². The van der Waals surface area contributed by atoms with Crippen molar-refractivity contribution < 1.29 is 13.5 Å². The first-order valence-corrected chi connectivity index (χ1v) is 8.99. The Morgan fingerprint density at radius 2 is 1.90 bits per heavy atom. The topological polar surface area (TPSA) is 60.9 Å². The summed E-state index contributed by atoms with van der Waals surface area (Å²) >= 11 is 1.30. The third kappa shape index (κ3) is 4.02. The van der Waals surface area contributed by atoms with Gasteiger partial charge in [-0.15, -0.1) is 11.3 Å². The van der Waals surface area contributed by atoms with E-state index in [4.69, 9.17) is 0 Å². The van der Waals surface area contributed by atoms with Crippen LogP contribution in [0, 0.1) is 6.92 Å². The number of thiophene rings is 1. The molecular formula is C13H24N2O3S2. The molecule has 1 rings (SSSR count). The summed E-state index contributed by atoms with van der Waals surface area (Å²) in [6, 6.07) is 0. The summed E-state index contributed by atoms with van der Waals surface area (Å²) in [6.07, 6.45) is 0.768. The van der Waals surface area contributed by atoms with Crippen molar-refractivity contribution in [3.8, 4) is 0 Å². The van der Waals surface area contributed by atoms with E-state index in [1.807, 2.05) is 25.9 Å². The van der Waals surface area contributed by atoms with Crippen molar-refractivity contribution in [2.24, 2.45) is 0 Å². The third-order valence-electron chi connectivity index (χ3n) is 3.00. The lowest BCUT2D eigenvalue weighted by Gasteiger charge is -2.24. The molecule has 0 aromatic carbocycles. The van der Waals surface area contributed by atoms with Gasteiger partial charge in [0, 0.05) is 19.6 Å². The molecule has 0 atom stereocenters. The number of hydrogen-bond acceptors (Lipinski definition) is 5. The first-order valence-electron chi connectivity index (χ1n) is 6.67. The summed E-state index contributed by atoms with van der Waals surface area (Å²) in [4.78, 5) is 2.77. The van der Waals surface area contributed by atoms with E-state index >= 15 is 0 Å². The zero-order valence-corrected chi connectivity index (χ0v) is 14.2. The van der Waals surface area contributed by atoms with Crippen molar-refractivity contribution in [2.45, 2.75) is 31.8 Å². The Morgan fingerprint density at radius 1 is 1.25 bits per heavy atom. The summed E-state index contributed by atoms with van der Waals surface area (Å²) in [7, 11) is 0.313. The maximum absolute atomic E-state index is 12.8. The van der Waals surface area contributed by atoms with Gasteiger partial charge in [0.25, 0.3) is 0 Å². The molecule has 1 aromatic rings. The van der Waals surface area contributed by atoms with Crippen LogP contribution in [0.5, 0.6) is 0 Å². The van der Waals surface area contributed by atoms with Gasteiger partial charge in [-0.2, -0.15) is 4.31 Å². The molecule has 1 N–H and O–H groups in total. The molecule has 0 fully saturated rings. The Hall–Kier alpha value is -0.470. The van der Waals surface area contributed by atoms with Gasteiger partial charge in [-0.3, -0.25) is 0 Å². The minimum Gasteiger partial charge on any atom is -0.391 e. The summed E-state index contributed by atoms with van der Waals surface area (Å²) < 4.78 is 27.1. The molecule has 1 aromatic heterocycles. The van der Waals surface area contributed by atoms with E-state index in [-0.39, 0.29) is 11.5 Å². The Balaban J connectivity index is 3.12. The quantitative estimate of drug-likeness (QED) is 0.789. The number of hydrogen-bond donors (Lipinski definition) is 1. The molecular weight excluding hydrogens is 296 g/mol. The molecule has 1 heterocycles. The van der Waals surface area contributed by atoms with Crippen LogP contribution in [0.4, 0.5) is 0 Å². The van der Waals surface area contributed by atoms with Crippen LogP contribution in [0.1, 0.15) is 23.8 Å². The van der Waals surface area contributed by atoms with E-state index in [1.54, 1.807) is 12.3 Å². The van der Waals surface area contributed by atoms with E-state index in [0.717, 1.165) is 6.42 Å². The van der Waals surface area contributed by atoms with Crippen LogP contribution < -0.4 is 0 Å². The SMILES string of the molecule is CCCN(CCN(C)C)S(=O)(=O)c1c(C)csc1CO. The van der Waals surface area contributed by atoms with Crippen molar-refractivity contribution >= 4 is 21.4 Å². The molecule has 0 bridgehead atoms. The average Bonchev–Trinajstić information content (AvgIpc) is 2.75. The van der Waals surface area contributed by atoms with Gasteiger partial charge in [0.2, 0.25) is 10.0 Å². The van der Waals surface area contributed by atoms with Crippen LogP contribution in [0.2, 0.25) is 0 Å². The number of aliphatic hydroxyl groups excluding tert-OH is 1. The van der Waals surface area contributed by atoms with Crippen LogP contribution >= 0.6 is 11.3 Å². The van der Waals surface area contributed by atoms with Gasteiger partial charge in [-0.1, -0.05) is 6.92 Å². The van der Waals surface area contributed by atoms with E-state index in [1.165, 1.54) is 15.6 Å². The van der Waals surface area contributed by atoms with Crippen molar-refractivity contribution in [1.82, 2.24) is 9.21 Å². The largest absolute Gasteiger partial charge is 0.391 e. The Labute approximate surface area is 125 Å². The number of aliphatic hydroxyl groups is 1. The smallest absolute Gasteiger partial charge is 0.244 e. The summed E-state index contributed by atoms with van der Waals surface area (Å²) in [6.45, 7) is 5.14. The first kappa shape index (κ1) is 17.6. The van der Waals surface area contributed by atoms with Crippen LogP contribution in [0.25, 0.3) is 0 Å². The fraction of sp³-hybridized carbons (Fsp3) is 0.692. The highest BCUT2D eigenvalue weighted by molar-refractivity contribution is 7.89. The van der Waals surface area contributed by atoms with Crippen LogP contribution in [-0.2, 0) is 16.6 Å². The standard InChI is InChI=1S/C13H24N2O3S2/c1-5-6-15(8-7-14(3)4)20(17,18)13-11(2)10-19-12(13)9-16/h10,16H,5-9H2,1-4H3. The minimum absolute atomic E-state index is 0.235. The molecule has 0 aliphatic carbocycles. The van der Waals surface area contributed by atoms with Crippen LogP contribution in [-0.4, -0.2) is 56.5 Å². The number of aryl methyl sites for hydroxylation is 1. The number of nitrogens with zero attached hydrogens (tertiary/aromatic N) is 2. The van der Waals surface area contributed by atoms with E-state index < -0.39 is 10.0 Å². The molecule has 0 aliphatic rings. The van der Waals surface area contributed by atoms with Gasteiger partial charge in [-0.05, 0) is 38.4 Å². The summed E-state index contributed by atoms with van der Waals surface area (Å²) in [5.41, 5.74) is 0.713. The monoisotopic (exact) mass is 320 g/mol. The summed E-state index contributed by atoms with van der Waals surface area (Å²) in [5.74, 6) is 0. The van der Waals surface area contributed by atoms with Gasteiger partial charge in [-0.25, -0.2) is 8.42 Å². The lowest BCUT2D eigenvalue weighted by molar-refractivity contribution is 0.281. The molecule has 5 nitrogen and oxygen atoms in total. The third-order valence-corrected chi connectivity index (χ3v) is 6.35. The molecule has 0 spiro atoms. The van der Waals surface area contributed by atoms with Gasteiger partial charge in [0.05, 0.1) is 11.5 Å². The van der Waals surface area contributed by atoms with E-state index in [0.29, 0.717) is 30.1 Å². The predicted molar refractivity (Wildman–Crippen MR) is 82.6 cm³/mol. The van der Waals surface area contributed by atoms with E-state index in [2.05, 4.69) is 0 Å². The minimum atomic E-state index is -3.53. The second-order valence-corrected chi connectivity index (χ2v) is 7.88. The zero-order chi connectivity index (χ0) is 15.3. The van der Waals surface area contributed by atoms with E-state index in [9.17, 15) is 13.5 Å². The predicted octanol–water partition coefficient (Wildman–Crippen LogP) is 1.51. The second-order valence-electron chi connectivity index (χ2n) is 5.04. The lowest BCUT2D eigenvalue weighted by Crippen LogP contribution is -2.37. The molecule has 0 unspecified atom stereocenters. The number of likely N-dealkylation sites (N-methyl/N-ethyl adjacent to an activating group) is 1. The van der Waals surface area contributed by atoms with Gasteiger partial charge in [0.15, 0.2) is 0 Å². The zero-order valence-electron chi connectivity index (χ0n) is 12.6. The van der Waals surface area contributed by atoms with Gasteiger partial charge in [0.1, 0.15) is 4.90 Å². The molecule has 20 heavy (non-hydrogen) atoms. The maximum atomic E-state index is 12.8. The average molecular weight is 320 g/mol. The van der Waals surface area contributed by atoms with Crippen LogP contribution in [0.15, 0.2) is 10.3 Å². The van der Waals surface area contributed by atoms with Gasteiger partial charge >= 0.3 is 0 Å². The molecule has 0 aliphatic heterocycles. The van der Waals surface area contributed by atoms with Crippen molar-refractivity contribution in [1.29, 1.82) is 0 Å². The van der Waals surface area contributed by atoms with Gasteiger partial charge < -0.3 is 10.0 Å². The Kier molecular flexibility index (Phi) is 6.60. The van der Waals surface area contributed by atoms with Crippen LogP contribution in [0.3, 0.4) is 0 Å². The molecule has 7 heteroatoms. The molecule has 116 valence electrons. The highest BCUT2D eigenvalue weighted by Gasteiger charge is 2.29. The fourth-order valence-electron chi connectivity index (χ4n) is 1.99. The fourth-order valence-corrected chi connectivity index (χ4v) is 5.12. The highest BCUT2D eigenvalue weighted by Crippen LogP contribution is 2.29.